The molecule has 1 N–H and O–H groups in total. The van der Waals surface area contributed by atoms with Crippen molar-refractivity contribution in [1.82, 2.24) is 9.80 Å². The topological polar surface area (TPSA) is 26.7 Å². The molecule has 2 atom stereocenters. The Labute approximate surface area is 99.4 Å². The number of aliphatic hydroxyl groups excluding tert-OH is 1. The summed E-state index contributed by atoms with van der Waals surface area (Å²) in [6, 6.07) is 1.49. The molecule has 16 heavy (non-hydrogen) atoms. The van der Waals surface area contributed by atoms with Gasteiger partial charge < -0.3 is 5.11 Å². The SMILES string of the molecule is CC(C)CN1C2CC1CN(C(C)(C)CO)C2. The number of piperidine rings is 1. The minimum absolute atomic E-state index is 0.0408. The summed E-state index contributed by atoms with van der Waals surface area (Å²) < 4.78 is 0. The number of nitrogens with zero attached hydrogens (tertiary/aromatic N) is 2. The van der Waals surface area contributed by atoms with Crippen molar-refractivity contribution in [1.29, 1.82) is 0 Å². The van der Waals surface area contributed by atoms with E-state index in [0.29, 0.717) is 0 Å². The van der Waals surface area contributed by atoms with Crippen LogP contribution in [0.15, 0.2) is 0 Å². The third-order valence-electron chi connectivity index (χ3n) is 4.16. The van der Waals surface area contributed by atoms with Crippen molar-refractivity contribution in [3.05, 3.63) is 0 Å². The molecule has 0 aromatic heterocycles. The summed E-state index contributed by atoms with van der Waals surface area (Å²) in [7, 11) is 0. The van der Waals surface area contributed by atoms with Crippen LogP contribution in [0.4, 0.5) is 0 Å². The predicted octanol–water partition coefficient (Wildman–Crippen LogP) is 1.17. The van der Waals surface area contributed by atoms with E-state index in [2.05, 4.69) is 37.5 Å². The molecule has 3 rings (SSSR count). The van der Waals surface area contributed by atoms with Crippen molar-refractivity contribution in [2.24, 2.45) is 5.92 Å². The van der Waals surface area contributed by atoms with Crippen LogP contribution in [-0.2, 0) is 0 Å². The summed E-state index contributed by atoms with van der Waals surface area (Å²) >= 11 is 0. The Balaban J connectivity index is 1.91. The first-order valence-electron chi connectivity index (χ1n) is 6.55. The molecular weight excluding hydrogens is 200 g/mol. The van der Waals surface area contributed by atoms with Crippen molar-refractivity contribution < 1.29 is 5.11 Å². The van der Waals surface area contributed by atoms with Crippen LogP contribution in [0.3, 0.4) is 0 Å². The van der Waals surface area contributed by atoms with Gasteiger partial charge in [0.25, 0.3) is 0 Å². The van der Waals surface area contributed by atoms with Gasteiger partial charge in [0.05, 0.1) is 6.61 Å². The molecule has 94 valence electrons. The van der Waals surface area contributed by atoms with Gasteiger partial charge in [0, 0.05) is 37.3 Å². The first-order chi connectivity index (χ1) is 7.44. The van der Waals surface area contributed by atoms with E-state index in [1.54, 1.807) is 0 Å². The van der Waals surface area contributed by atoms with E-state index in [4.69, 9.17) is 0 Å². The number of hydrogen-bond acceptors (Lipinski definition) is 3. The predicted molar refractivity (Wildman–Crippen MR) is 66.5 cm³/mol. The third kappa shape index (κ3) is 2.13. The highest BCUT2D eigenvalue weighted by Gasteiger charge is 2.47. The van der Waals surface area contributed by atoms with E-state index in [1.807, 2.05) is 0 Å². The number of hydrogen-bond donors (Lipinski definition) is 1. The zero-order valence-electron chi connectivity index (χ0n) is 11.1. The Morgan fingerprint density at radius 2 is 1.81 bits per heavy atom. The number of rotatable bonds is 4. The second-order valence-electron chi connectivity index (χ2n) is 6.51. The normalized spacial score (nSPS) is 31.9. The average Bonchev–Trinajstić information content (AvgIpc) is 2.26. The fraction of sp³-hybridized carbons (Fsp3) is 1.00. The summed E-state index contributed by atoms with van der Waals surface area (Å²) in [5, 5.41) is 9.40. The van der Waals surface area contributed by atoms with E-state index in [1.165, 1.54) is 13.0 Å². The number of fused-ring (bicyclic) bond motifs is 2. The molecule has 0 spiro atoms. The Morgan fingerprint density at radius 3 is 2.25 bits per heavy atom. The molecule has 3 nitrogen and oxygen atoms in total. The van der Waals surface area contributed by atoms with Crippen LogP contribution in [0.1, 0.15) is 34.1 Å². The first-order valence-corrected chi connectivity index (χ1v) is 6.55. The standard InChI is InChI=1S/C13H26N2O/c1-10(2)6-15-11-5-12(15)8-14(7-11)13(3,4)9-16/h10-12,16H,5-9H2,1-4H3. The van der Waals surface area contributed by atoms with Crippen molar-refractivity contribution in [2.45, 2.75) is 51.7 Å². The van der Waals surface area contributed by atoms with Gasteiger partial charge in [0.2, 0.25) is 0 Å². The molecule has 0 aromatic carbocycles. The second kappa shape index (κ2) is 4.28. The maximum atomic E-state index is 9.40. The number of aliphatic hydroxyl groups is 1. The van der Waals surface area contributed by atoms with E-state index in [9.17, 15) is 5.11 Å². The van der Waals surface area contributed by atoms with Crippen LogP contribution in [0.25, 0.3) is 0 Å². The van der Waals surface area contributed by atoms with Gasteiger partial charge in [-0.3, -0.25) is 9.80 Å². The van der Waals surface area contributed by atoms with Crippen LogP contribution >= 0.6 is 0 Å². The summed E-state index contributed by atoms with van der Waals surface area (Å²) in [5.74, 6) is 0.766. The Bertz CT molecular complexity index is 240. The lowest BCUT2D eigenvalue weighted by Gasteiger charge is -2.59. The fourth-order valence-corrected chi connectivity index (χ4v) is 3.00. The molecular formula is C13H26N2O. The second-order valence-corrected chi connectivity index (χ2v) is 6.51. The monoisotopic (exact) mass is 226 g/mol. The van der Waals surface area contributed by atoms with Gasteiger partial charge in [0.15, 0.2) is 0 Å². The lowest BCUT2D eigenvalue weighted by Crippen LogP contribution is -2.72. The number of piperazine rings is 1. The van der Waals surface area contributed by atoms with Crippen LogP contribution in [0.2, 0.25) is 0 Å². The van der Waals surface area contributed by atoms with Gasteiger partial charge in [-0.15, -0.1) is 0 Å². The van der Waals surface area contributed by atoms with Crippen molar-refractivity contribution in [2.75, 3.05) is 26.2 Å². The summed E-state index contributed by atoms with van der Waals surface area (Å²) in [6.07, 6.45) is 1.37. The minimum Gasteiger partial charge on any atom is -0.394 e. The quantitative estimate of drug-likeness (QED) is 0.779. The lowest BCUT2D eigenvalue weighted by atomic mass is 9.84. The van der Waals surface area contributed by atoms with E-state index in [-0.39, 0.29) is 12.1 Å². The molecule has 3 heteroatoms. The molecule has 3 fully saturated rings. The maximum absolute atomic E-state index is 9.40. The molecule has 0 radical (unpaired) electrons. The zero-order valence-corrected chi connectivity index (χ0v) is 11.1. The van der Waals surface area contributed by atoms with Crippen molar-refractivity contribution in [3.63, 3.8) is 0 Å². The van der Waals surface area contributed by atoms with Gasteiger partial charge in [-0.05, 0) is 26.2 Å². The maximum Gasteiger partial charge on any atom is 0.0610 e. The minimum atomic E-state index is -0.0408. The Kier molecular flexibility index (Phi) is 3.30. The van der Waals surface area contributed by atoms with Gasteiger partial charge >= 0.3 is 0 Å². The molecule has 0 aliphatic carbocycles. The van der Waals surface area contributed by atoms with Gasteiger partial charge in [-0.1, -0.05) is 13.8 Å². The molecule has 3 saturated heterocycles. The Hall–Kier alpha value is -0.120. The highest BCUT2D eigenvalue weighted by molar-refractivity contribution is 5.03. The van der Waals surface area contributed by atoms with Gasteiger partial charge in [-0.25, -0.2) is 0 Å². The average molecular weight is 226 g/mol. The summed E-state index contributed by atoms with van der Waals surface area (Å²) in [4.78, 5) is 5.12. The summed E-state index contributed by atoms with van der Waals surface area (Å²) in [5.41, 5.74) is -0.0408. The van der Waals surface area contributed by atoms with Crippen molar-refractivity contribution in [3.8, 4) is 0 Å². The molecule has 3 heterocycles. The van der Waals surface area contributed by atoms with E-state index in [0.717, 1.165) is 31.1 Å². The third-order valence-corrected chi connectivity index (χ3v) is 4.16. The van der Waals surface area contributed by atoms with E-state index >= 15 is 0 Å². The largest absolute Gasteiger partial charge is 0.394 e. The molecule has 0 saturated carbocycles. The molecule has 2 unspecified atom stereocenters. The van der Waals surface area contributed by atoms with Crippen LogP contribution in [0, 0.1) is 5.92 Å². The highest BCUT2D eigenvalue weighted by atomic mass is 16.3. The molecule has 3 aliphatic rings. The van der Waals surface area contributed by atoms with E-state index < -0.39 is 0 Å². The highest BCUT2D eigenvalue weighted by Crippen LogP contribution is 2.35. The molecule has 3 aliphatic heterocycles. The molecule has 2 bridgehead atoms. The van der Waals surface area contributed by atoms with Gasteiger partial charge in [-0.2, -0.15) is 0 Å². The first kappa shape index (κ1) is 12.3. The molecule has 0 aromatic rings. The van der Waals surface area contributed by atoms with Gasteiger partial charge in [0.1, 0.15) is 0 Å². The smallest absolute Gasteiger partial charge is 0.0610 e. The van der Waals surface area contributed by atoms with Crippen LogP contribution in [0.5, 0.6) is 0 Å². The fourth-order valence-electron chi connectivity index (χ4n) is 3.00. The Morgan fingerprint density at radius 1 is 1.25 bits per heavy atom. The van der Waals surface area contributed by atoms with Crippen LogP contribution in [-0.4, -0.2) is 58.8 Å². The molecule has 0 amide bonds. The summed E-state index contributed by atoms with van der Waals surface area (Å²) in [6.45, 7) is 12.6. The van der Waals surface area contributed by atoms with Crippen LogP contribution < -0.4 is 0 Å². The zero-order chi connectivity index (χ0) is 11.9. The van der Waals surface area contributed by atoms with Crippen molar-refractivity contribution >= 4 is 0 Å². The lowest BCUT2D eigenvalue weighted by molar-refractivity contribution is -0.110.